The van der Waals surface area contributed by atoms with Crippen LogP contribution in [0.2, 0.25) is 0 Å². The molecule has 3 aromatic carbocycles. The maximum Gasteiger partial charge on any atom is 0.190 e. The van der Waals surface area contributed by atoms with Gasteiger partial charge in [-0.2, -0.15) is 0 Å². The SMILES string of the molecule is CC1(C)OC2OC([C@@H](COCc3ccccc3)OCc3ccccc3)C(OCc3ccccc3)C2O1. The van der Waals surface area contributed by atoms with Crippen molar-refractivity contribution in [2.75, 3.05) is 6.61 Å². The number of hydrogen-bond donors (Lipinski definition) is 0. The van der Waals surface area contributed by atoms with Crippen molar-refractivity contribution in [2.24, 2.45) is 0 Å². The molecule has 36 heavy (non-hydrogen) atoms. The largest absolute Gasteiger partial charge is 0.374 e. The Balaban J connectivity index is 1.32. The third-order valence-electron chi connectivity index (χ3n) is 6.38. The quantitative estimate of drug-likeness (QED) is 0.366. The molecular formula is C30H34O6. The van der Waals surface area contributed by atoms with Crippen molar-refractivity contribution >= 4 is 0 Å². The fourth-order valence-corrected chi connectivity index (χ4v) is 4.64. The van der Waals surface area contributed by atoms with E-state index in [4.69, 9.17) is 28.4 Å². The molecule has 6 heteroatoms. The highest BCUT2D eigenvalue weighted by atomic mass is 16.8. The van der Waals surface area contributed by atoms with Crippen LogP contribution in [0.15, 0.2) is 91.0 Å². The first-order valence-corrected chi connectivity index (χ1v) is 12.5. The summed E-state index contributed by atoms with van der Waals surface area (Å²) in [5.74, 6) is -0.737. The molecule has 0 N–H and O–H groups in total. The Labute approximate surface area is 213 Å². The van der Waals surface area contributed by atoms with Crippen molar-refractivity contribution in [3.63, 3.8) is 0 Å². The van der Waals surface area contributed by atoms with E-state index in [9.17, 15) is 0 Å². The smallest absolute Gasteiger partial charge is 0.190 e. The second-order valence-corrected chi connectivity index (χ2v) is 9.67. The number of ether oxygens (including phenoxy) is 6. The van der Waals surface area contributed by atoms with Crippen molar-refractivity contribution in [3.8, 4) is 0 Å². The number of benzene rings is 3. The van der Waals surface area contributed by atoms with Crippen molar-refractivity contribution in [3.05, 3.63) is 108 Å². The van der Waals surface area contributed by atoms with Crippen LogP contribution in [0.5, 0.6) is 0 Å². The summed E-state index contributed by atoms with van der Waals surface area (Å²) < 4.78 is 37.6. The summed E-state index contributed by atoms with van der Waals surface area (Å²) in [6.45, 7) is 5.50. The van der Waals surface area contributed by atoms with E-state index in [1.807, 2.05) is 105 Å². The standard InChI is InChI=1S/C30H34O6/c1-30(2)35-28-27(33-20-24-16-10-5-11-17-24)26(34-29(28)36-30)25(32-19-23-14-8-4-9-15-23)21-31-18-22-12-6-3-7-13-22/h3-17,25-29H,18-21H2,1-2H3/t25-,26?,27?,28?,29?/m1/s1. The zero-order chi connectivity index (χ0) is 24.8. The molecule has 5 atom stereocenters. The zero-order valence-corrected chi connectivity index (χ0v) is 20.8. The Morgan fingerprint density at radius 2 is 1.28 bits per heavy atom. The minimum atomic E-state index is -0.737. The van der Waals surface area contributed by atoms with Gasteiger partial charge in [0.15, 0.2) is 12.1 Å². The maximum absolute atomic E-state index is 6.44. The van der Waals surface area contributed by atoms with E-state index in [2.05, 4.69) is 0 Å². The van der Waals surface area contributed by atoms with Crippen LogP contribution in [-0.4, -0.2) is 43.1 Å². The van der Waals surface area contributed by atoms with Crippen LogP contribution in [0.3, 0.4) is 0 Å². The van der Waals surface area contributed by atoms with Crippen LogP contribution in [0.25, 0.3) is 0 Å². The average Bonchev–Trinajstić information content (AvgIpc) is 3.38. The molecule has 0 spiro atoms. The Kier molecular flexibility index (Phi) is 8.12. The van der Waals surface area contributed by atoms with Gasteiger partial charge in [0, 0.05) is 0 Å². The second-order valence-electron chi connectivity index (χ2n) is 9.67. The lowest BCUT2D eigenvalue weighted by Gasteiger charge is -2.31. The normalized spacial score (nSPS) is 25.5. The van der Waals surface area contributed by atoms with Crippen molar-refractivity contribution in [2.45, 2.75) is 70.2 Å². The highest BCUT2D eigenvalue weighted by Gasteiger charge is 2.57. The summed E-state index contributed by atoms with van der Waals surface area (Å²) in [7, 11) is 0. The fraction of sp³-hybridized carbons (Fsp3) is 0.400. The van der Waals surface area contributed by atoms with Crippen molar-refractivity contribution in [1.82, 2.24) is 0 Å². The van der Waals surface area contributed by atoms with E-state index in [-0.39, 0.29) is 18.3 Å². The summed E-state index contributed by atoms with van der Waals surface area (Å²) in [5.41, 5.74) is 3.27. The first-order chi connectivity index (χ1) is 17.6. The van der Waals surface area contributed by atoms with Gasteiger partial charge in [0.05, 0.1) is 26.4 Å². The molecule has 2 heterocycles. The molecule has 190 valence electrons. The first-order valence-electron chi connectivity index (χ1n) is 12.5. The molecule has 0 amide bonds. The lowest BCUT2D eigenvalue weighted by atomic mass is 10.1. The van der Waals surface area contributed by atoms with Crippen LogP contribution in [-0.2, 0) is 48.2 Å². The van der Waals surface area contributed by atoms with Gasteiger partial charge < -0.3 is 28.4 Å². The van der Waals surface area contributed by atoms with Crippen LogP contribution < -0.4 is 0 Å². The van der Waals surface area contributed by atoms with E-state index in [0.717, 1.165) is 16.7 Å². The van der Waals surface area contributed by atoms with Crippen LogP contribution >= 0.6 is 0 Å². The van der Waals surface area contributed by atoms with Gasteiger partial charge >= 0.3 is 0 Å². The minimum Gasteiger partial charge on any atom is -0.374 e. The molecule has 0 radical (unpaired) electrons. The molecule has 2 saturated heterocycles. The number of hydrogen-bond acceptors (Lipinski definition) is 6. The zero-order valence-electron chi connectivity index (χ0n) is 20.8. The Morgan fingerprint density at radius 3 is 1.89 bits per heavy atom. The molecule has 4 unspecified atom stereocenters. The molecular weight excluding hydrogens is 456 g/mol. The molecule has 3 aromatic rings. The summed E-state index contributed by atoms with van der Waals surface area (Å²) >= 11 is 0. The van der Waals surface area contributed by atoms with Crippen molar-refractivity contribution in [1.29, 1.82) is 0 Å². The fourth-order valence-electron chi connectivity index (χ4n) is 4.64. The average molecular weight is 491 g/mol. The highest BCUT2D eigenvalue weighted by Crippen LogP contribution is 2.40. The molecule has 0 aromatic heterocycles. The van der Waals surface area contributed by atoms with Gasteiger partial charge in [-0.15, -0.1) is 0 Å². The molecule has 0 bridgehead atoms. The van der Waals surface area contributed by atoms with Gasteiger partial charge in [-0.1, -0.05) is 91.0 Å². The van der Waals surface area contributed by atoms with Crippen LogP contribution in [0, 0.1) is 0 Å². The van der Waals surface area contributed by atoms with Crippen LogP contribution in [0.1, 0.15) is 30.5 Å². The Bertz CT molecular complexity index is 1060. The Morgan fingerprint density at radius 1 is 0.722 bits per heavy atom. The molecule has 0 saturated carbocycles. The maximum atomic E-state index is 6.44. The molecule has 6 nitrogen and oxygen atoms in total. The van der Waals surface area contributed by atoms with Gasteiger partial charge in [0.2, 0.25) is 0 Å². The lowest BCUT2D eigenvalue weighted by molar-refractivity contribution is -0.238. The van der Waals surface area contributed by atoms with Gasteiger partial charge in [-0.3, -0.25) is 0 Å². The third-order valence-corrected chi connectivity index (χ3v) is 6.38. The monoisotopic (exact) mass is 490 g/mol. The van der Waals surface area contributed by atoms with Gasteiger partial charge in [0.1, 0.15) is 24.4 Å². The topological polar surface area (TPSA) is 55.4 Å². The predicted octanol–water partition coefficient (Wildman–Crippen LogP) is 5.25. The van der Waals surface area contributed by atoms with Crippen LogP contribution in [0.4, 0.5) is 0 Å². The molecule has 2 fully saturated rings. The molecule has 2 aliphatic rings. The van der Waals surface area contributed by atoms with E-state index >= 15 is 0 Å². The summed E-state index contributed by atoms with van der Waals surface area (Å²) in [6.07, 6.45) is -2.05. The lowest BCUT2D eigenvalue weighted by Crippen LogP contribution is -2.45. The second kappa shape index (κ2) is 11.6. The van der Waals surface area contributed by atoms with E-state index in [1.165, 1.54) is 0 Å². The van der Waals surface area contributed by atoms with Gasteiger partial charge in [-0.05, 0) is 30.5 Å². The summed E-state index contributed by atoms with van der Waals surface area (Å²) in [6, 6.07) is 30.3. The van der Waals surface area contributed by atoms with E-state index in [1.54, 1.807) is 0 Å². The summed E-state index contributed by atoms with van der Waals surface area (Å²) in [5, 5.41) is 0. The molecule has 5 rings (SSSR count). The van der Waals surface area contributed by atoms with Gasteiger partial charge in [-0.25, -0.2) is 0 Å². The molecule has 2 aliphatic heterocycles. The molecule has 0 aliphatic carbocycles. The number of rotatable bonds is 11. The third kappa shape index (κ3) is 6.40. The number of fused-ring (bicyclic) bond motifs is 1. The van der Waals surface area contributed by atoms with Crippen molar-refractivity contribution < 1.29 is 28.4 Å². The Hall–Kier alpha value is -2.58. The first kappa shape index (κ1) is 25.1. The van der Waals surface area contributed by atoms with E-state index < -0.39 is 18.2 Å². The minimum absolute atomic E-state index is 0.348. The summed E-state index contributed by atoms with van der Waals surface area (Å²) in [4.78, 5) is 0. The van der Waals surface area contributed by atoms with Gasteiger partial charge in [0.25, 0.3) is 0 Å². The van der Waals surface area contributed by atoms with E-state index in [0.29, 0.717) is 26.4 Å². The predicted molar refractivity (Wildman–Crippen MR) is 135 cm³/mol. The highest BCUT2D eigenvalue weighted by molar-refractivity contribution is 5.15.